The van der Waals surface area contributed by atoms with Crippen LogP contribution in [-0.4, -0.2) is 39.2 Å². The molecule has 1 spiro atoms. The minimum absolute atomic E-state index is 0.0759. The fraction of sp³-hybridized carbons (Fsp3) is 0.889. The van der Waals surface area contributed by atoms with Crippen molar-refractivity contribution in [3.63, 3.8) is 0 Å². The van der Waals surface area contributed by atoms with Gasteiger partial charge in [0.1, 0.15) is 6.04 Å². The summed E-state index contributed by atoms with van der Waals surface area (Å²) in [6, 6.07) is -0.320. The molecule has 5 heteroatoms. The van der Waals surface area contributed by atoms with Gasteiger partial charge >= 0.3 is 5.97 Å². The molecule has 0 saturated carbocycles. The first kappa shape index (κ1) is 10.6. The van der Waals surface area contributed by atoms with E-state index in [1.165, 1.54) is 0 Å². The number of hydrogen-bond acceptors (Lipinski definition) is 4. The minimum Gasteiger partial charge on any atom is -0.480 e. The average molecular weight is 233 g/mol. The molecule has 0 amide bonds. The van der Waals surface area contributed by atoms with Crippen LogP contribution in [0, 0.1) is 0 Å². The summed E-state index contributed by atoms with van der Waals surface area (Å²) in [5, 5.41) is 12.3. The lowest BCUT2D eigenvalue weighted by atomic mass is 10.1. The monoisotopic (exact) mass is 233 g/mol. The molecule has 1 atom stereocenters. The van der Waals surface area contributed by atoms with E-state index < -0.39 is 5.97 Å². The van der Waals surface area contributed by atoms with Gasteiger partial charge in [0.05, 0.1) is 4.87 Å². The zero-order valence-corrected chi connectivity index (χ0v) is 9.62. The summed E-state index contributed by atoms with van der Waals surface area (Å²) in [6.45, 7) is 0. The Morgan fingerprint density at radius 2 is 2.07 bits per heavy atom. The molecule has 2 saturated heterocycles. The van der Waals surface area contributed by atoms with E-state index in [9.17, 15) is 4.79 Å². The summed E-state index contributed by atoms with van der Waals surface area (Å²) in [5.41, 5.74) is 0. The lowest BCUT2D eigenvalue weighted by Crippen LogP contribution is -2.56. The Labute approximate surface area is 92.4 Å². The van der Waals surface area contributed by atoms with Gasteiger partial charge < -0.3 is 5.11 Å². The average Bonchev–Trinajstić information content (AvgIpc) is 2.19. The molecular formula is C9H15NO2S2. The molecule has 2 heterocycles. The number of carboxylic acids is 1. The molecule has 0 aromatic heterocycles. The molecule has 0 aliphatic carbocycles. The number of rotatable bonds is 1. The number of thioether (sulfide) groups is 2. The second-order valence-electron chi connectivity index (χ2n) is 3.78. The van der Waals surface area contributed by atoms with Crippen molar-refractivity contribution in [2.75, 3.05) is 17.3 Å². The van der Waals surface area contributed by atoms with E-state index in [0.717, 1.165) is 36.5 Å². The highest BCUT2D eigenvalue weighted by molar-refractivity contribution is 8.01. The Morgan fingerprint density at radius 1 is 1.36 bits per heavy atom. The molecule has 0 radical (unpaired) electrons. The Hall–Kier alpha value is 0.130. The van der Waals surface area contributed by atoms with Crippen LogP contribution in [0.25, 0.3) is 0 Å². The van der Waals surface area contributed by atoms with E-state index in [4.69, 9.17) is 5.11 Å². The van der Waals surface area contributed by atoms with Crippen LogP contribution in [0.5, 0.6) is 0 Å². The van der Waals surface area contributed by atoms with Crippen LogP contribution in [-0.2, 0) is 4.79 Å². The van der Waals surface area contributed by atoms with Crippen molar-refractivity contribution in [1.29, 1.82) is 0 Å². The quantitative estimate of drug-likeness (QED) is 0.717. The molecule has 2 fully saturated rings. The third-order valence-corrected chi connectivity index (χ3v) is 5.32. The Bertz CT molecular complexity index is 223. The van der Waals surface area contributed by atoms with Crippen LogP contribution in [0.3, 0.4) is 0 Å². The fourth-order valence-electron chi connectivity index (χ4n) is 1.98. The second kappa shape index (κ2) is 4.33. The highest BCUT2D eigenvalue weighted by atomic mass is 32.2. The smallest absolute Gasteiger partial charge is 0.320 e. The van der Waals surface area contributed by atoms with E-state index in [-0.39, 0.29) is 10.9 Å². The van der Waals surface area contributed by atoms with Crippen LogP contribution in [0.4, 0.5) is 0 Å². The lowest BCUT2D eigenvalue weighted by molar-refractivity contribution is -0.140. The topological polar surface area (TPSA) is 49.3 Å². The Morgan fingerprint density at radius 3 is 2.71 bits per heavy atom. The van der Waals surface area contributed by atoms with Gasteiger partial charge in [-0.25, -0.2) is 0 Å². The van der Waals surface area contributed by atoms with Gasteiger partial charge in [0.15, 0.2) is 0 Å². The maximum absolute atomic E-state index is 10.9. The van der Waals surface area contributed by atoms with Crippen molar-refractivity contribution in [3.8, 4) is 0 Å². The van der Waals surface area contributed by atoms with Crippen LogP contribution in [0.2, 0.25) is 0 Å². The Balaban J connectivity index is 2.01. The van der Waals surface area contributed by atoms with E-state index in [0.29, 0.717) is 0 Å². The number of carbonyl (C=O) groups is 1. The van der Waals surface area contributed by atoms with Crippen molar-refractivity contribution in [2.45, 2.75) is 30.2 Å². The number of carboxylic acid groups (broad SMARTS) is 1. The molecule has 14 heavy (non-hydrogen) atoms. The van der Waals surface area contributed by atoms with Crippen molar-refractivity contribution in [2.24, 2.45) is 0 Å². The van der Waals surface area contributed by atoms with Gasteiger partial charge in [-0.3, -0.25) is 10.1 Å². The zero-order chi connectivity index (χ0) is 10.0. The normalized spacial score (nSPS) is 31.6. The SMILES string of the molecule is O=C(O)C1CCSC2(CCSCC2)N1. The van der Waals surface area contributed by atoms with Crippen LogP contribution in [0.15, 0.2) is 0 Å². The van der Waals surface area contributed by atoms with E-state index >= 15 is 0 Å². The summed E-state index contributed by atoms with van der Waals surface area (Å²) in [5.74, 6) is 2.61. The number of nitrogens with one attached hydrogen (secondary N) is 1. The molecule has 2 aliphatic heterocycles. The highest BCUT2D eigenvalue weighted by Gasteiger charge is 2.39. The molecule has 2 rings (SSSR count). The maximum Gasteiger partial charge on any atom is 0.320 e. The van der Waals surface area contributed by atoms with Gasteiger partial charge in [-0.15, -0.1) is 11.8 Å². The summed E-state index contributed by atoms with van der Waals surface area (Å²) in [7, 11) is 0. The lowest BCUT2D eigenvalue weighted by Gasteiger charge is -2.42. The molecule has 3 nitrogen and oxygen atoms in total. The van der Waals surface area contributed by atoms with Crippen molar-refractivity contribution >= 4 is 29.5 Å². The number of aliphatic carboxylic acids is 1. The van der Waals surface area contributed by atoms with Gasteiger partial charge in [-0.05, 0) is 36.5 Å². The maximum atomic E-state index is 10.9. The molecule has 0 aromatic rings. The molecule has 1 unspecified atom stereocenters. The van der Waals surface area contributed by atoms with Crippen molar-refractivity contribution in [3.05, 3.63) is 0 Å². The molecule has 0 aromatic carbocycles. The predicted molar refractivity (Wildman–Crippen MR) is 60.9 cm³/mol. The van der Waals surface area contributed by atoms with Crippen LogP contribution in [0.1, 0.15) is 19.3 Å². The molecule has 0 bridgehead atoms. The summed E-state index contributed by atoms with van der Waals surface area (Å²) in [6.07, 6.45) is 2.97. The first-order chi connectivity index (χ1) is 6.72. The van der Waals surface area contributed by atoms with Gasteiger partial charge in [0, 0.05) is 0 Å². The molecule has 2 N–H and O–H groups in total. The summed E-state index contributed by atoms with van der Waals surface area (Å²) >= 11 is 3.89. The van der Waals surface area contributed by atoms with Crippen LogP contribution >= 0.6 is 23.5 Å². The van der Waals surface area contributed by atoms with Gasteiger partial charge in [0.25, 0.3) is 0 Å². The highest BCUT2D eigenvalue weighted by Crippen LogP contribution is 2.40. The van der Waals surface area contributed by atoms with Gasteiger partial charge in [-0.2, -0.15) is 11.8 Å². The summed E-state index contributed by atoms with van der Waals surface area (Å²) < 4.78 is 0. The van der Waals surface area contributed by atoms with Crippen molar-refractivity contribution in [1.82, 2.24) is 5.32 Å². The minimum atomic E-state index is -0.692. The fourth-order valence-corrected chi connectivity index (χ4v) is 4.89. The zero-order valence-electron chi connectivity index (χ0n) is 7.99. The molecular weight excluding hydrogens is 218 g/mol. The largest absolute Gasteiger partial charge is 0.480 e. The summed E-state index contributed by atoms with van der Waals surface area (Å²) in [4.78, 5) is 11.0. The standard InChI is InChI=1S/C9H15NO2S2/c11-8(12)7-1-4-14-9(10-7)2-5-13-6-3-9/h7,10H,1-6H2,(H,11,12). The van der Waals surface area contributed by atoms with E-state index in [1.54, 1.807) is 0 Å². The molecule has 2 aliphatic rings. The van der Waals surface area contributed by atoms with Crippen LogP contribution < -0.4 is 5.32 Å². The predicted octanol–water partition coefficient (Wildman–Crippen LogP) is 1.39. The van der Waals surface area contributed by atoms with E-state index in [2.05, 4.69) is 5.32 Å². The van der Waals surface area contributed by atoms with Crippen molar-refractivity contribution < 1.29 is 9.90 Å². The third-order valence-electron chi connectivity index (χ3n) is 2.82. The second-order valence-corrected chi connectivity index (χ2v) is 6.48. The van der Waals surface area contributed by atoms with Gasteiger partial charge in [0.2, 0.25) is 0 Å². The third kappa shape index (κ3) is 2.20. The first-order valence-corrected chi connectivity index (χ1v) is 7.08. The number of hydrogen-bond donors (Lipinski definition) is 2. The van der Waals surface area contributed by atoms with Gasteiger partial charge in [-0.1, -0.05) is 0 Å². The Kier molecular flexibility index (Phi) is 3.29. The molecule has 80 valence electrons. The van der Waals surface area contributed by atoms with E-state index in [1.807, 2.05) is 23.5 Å². The first-order valence-electron chi connectivity index (χ1n) is 4.94.